The van der Waals surface area contributed by atoms with E-state index in [1.54, 1.807) is 42.7 Å². The van der Waals surface area contributed by atoms with E-state index in [1.165, 1.54) is 72.9 Å². The highest BCUT2D eigenvalue weighted by Crippen LogP contribution is 2.43. The number of imidazole rings is 2. The maximum Gasteiger partial charge on any atom is 0.446 e. The maximum atomic E-state index is 13.5. The molecular formula is C60H49Cl5F7N17O4. The molecule has 0 saturated heterocycles. The van der Waals surface area contributed by atoms with Gasteiger partial charge in [0.2, 0.25) is 6.29 Å². The Morgan fingerprint density at radius 1 is 0.591 bits per heavy atom. The Labute approximate surface area is 548 Å². The molecule has 21 nitrogen and oxygen atoms in total. The molecule has 4 fully saturated rings. The number of nitriles is 1. The average molecular weight is 1380 g/mol. The van der Waals surface area contributed by atoms with Crippen molar-refractivity contribution in [2.75, 3.05) is 27.0 Å². The number of rotatable bonds is 11. The number of carboxylic acids is 1. The number of halogens is 12. The third kappa shape index (κ3) is 21.1. The molecule has 4 aliphatic rings. The lowest BCUT2D eigenvalue weighted by Crippen LogP contribution is -2.15. The maximum absolute atomic E-state index is 13.5. The molecule has 0 bridgehead atoms. The molecule has 4 aromatic carbocycles. The van der Waals surface area contributed by atoms with Gasteiger partial charge in [-0.15, -0.1) is 43.6 Å². The van der Waals surface area contributed by atoms with E-state index in [4.69, 9.17) is 78.9 Å². The number of amides is 1. The van der Waals surface area contributed by atoms with Gasteiger partial charge in [0.25, 0.3) is 5.91 Å². The lowest BCUT2D eigenvalue weighted by Gasteiger charge is -2.12. The topological polar surface area (TPSA) is 296 Å². The van der Waals surface area contributed by atoms with Crippen LogP contribution < -0.4 is 21.7 Å². The zero-order valence-corrected chi connectivity index (χ0v) is 51.7. The van der Waals surface area contributed by atoms with Crippen LogP contribution in [0.25, 0.3) is 44.8 Å². The van der Waals surface area contributed by atoms with Gasteiger partial charge in [0.1, 0.15) is 41.0 Å². The van der Waals surface area contributed by atoms with Crippen LogP contribution in [0.3, 0.4) is 0 Å². The number of nitrogens with two attached hydrogens (primary N) is 1. The van der Waals surface area contributed by atoms with Crippen molar-refractivity contribution in [3.8, 4) is 28.8 Å². The Morgan fingerprint density at radius 2 is 1.01 bits per heavy atom. The minimum absolute atomic E-state index is 0.0417. The molecule has 6 N–H and O–H groups in total. The van der Waals surface area contributed by atoms with Crippen molar-refractivity contribution in [1.29, 1.82) is 5.26 Å². The second kappa shape index (κ2) is 32.2. The fourth-order valence-electron chi connectivity index (χ4n) is 8.36. The van der Waals surface area contributed by atoms with E-state index in [1.807, 2.05) is 10.6 Å². The summed E-state index contributed by atoms with van der Waals surface area (Å²) in [5, 5.41) is 56.2. The van der Waals surface area contributed by atoms with Gasteiger partial charge in [0, 0.05) is 35.3 Å². The molecule has 6 heterocycles. The summed E-state index contributed by atoms with van der Waals surface area (Å²) in [5.74, 6) is -1.08. The predicted molar refractivity (Wildman–Crippen MR) is 336 cm³/mol. The van der Waals surface area contributed by atoms with E-state index in [2.05, 4.69) is 71.3 Å². The molecule has 33 heteroatoms. The van der Waals surface area contributed by atoms with Crippen LogP contribution in [0.4, 0.5) is 53.5 Å². The van der Waals surface area contributed by atoms with Crippen molar-refractivity contribution in [3.63, 3.8) is 0 Å². The van der Waals surface area contributed by atoms with Crippen molar-refractivity contribution in [2.45, 2.75) is 81.7 Å². The van der Waals surface area contributed by atoms with Crippen LogP contribution in [0.15, 0.2) is 122 Å². The third-order valence-electron chi connectivity index (χ3n) is 13.0. The highest BCUT2D eigenvalue weighted by atomic mass is 35.5. The number of nitrogens with one attached hydrogen (secondary N) is 3. The van der Waals surface area contributed by atoms with E-state index >= 15 is 0 Å². The molecule has 0 radical (unpaired) electrons. The SMILES string of the molecule is ClCCl.Fc1ccc2nc(-c3cnnc(Cl)c3)n(C3CC3)c2c1.N#Cc1cc(-c2nc3ccc(F)cc3n2C2CC2)cnn1.Nc1ccc(F)cc1NC1CC1.O=C(Nc1ccc(F)cc1NC1CC1)c1cnnc(Cl)c1.O=C(O)c1cnnc(Cl)c1.O=CC(F)(F)F. The highest BCUT2D eigenvalue weighted by Gasteiger charge is 2.31. The van der Waals surface area contributed by atoms with Gasteiger partial charge in [0.15, 0.2) is 21.2 Å². The normalized spacial score (nSPS) is 13.5. The average Bonchev–Trinajstić information content (AvgIpc) is 1.62. The van der Waals surface area contributed by atoms with Crippen molar-refractivity contribution in [1.82, 2.24) is 59.9 Å². The monoisotopic (exact) mass is 1380 g/mol. The fraction of sp³-hybridized carbons (Fsp3) is 0.233. The van der Waals surface area contributed by atoms with Crippen molar-refractivity contribution < 1.29 is 50.2 Å². The van der Waals surface area contributed by atoms with Gasteiger partial charge in [0.05, 0.1) is 86.1 Å². The number of carboxylic acid groups (broad SMARTS) is 1. The van der Waals surface area contributed by atoms with Crippen molar-refractivity contribution in [3.05, 3.63) is 177 Å². The molecule has 0 spiro atoms. The number of carbonyl (C=O) groups excluding carboxylic acids is 2. The van der Waals surface area contributed by atoms with Crippen molar-refractivity contribution in [2.24, 2.45) is 0 Å². The number of carbonyl (C=O) groups is 3. The Balaban J connectivity index is 0.000000148. The predicted octanol–water partition coefficient (Wildman–Crippen LogP) is 14.5. The van der Waals surface area contributed by atoms with Crippen LogP contribution in [0.1, 0.15) is 89.9 Å². The molecule has 14 rings (SSSR count). The van der Waals surface area contributed by atoms with Crippen LogP contribution >= 0.6 is 58.0 Å². The number of nitrogen functional groups attached to an aromatic ring is 1. The van der Waals surface area contributed by atoms with Crippen LogP contribution in [-0.4, -0.2) is 107 Å². The van der Waals surface area contributed by atoms with Crippen LogP contribution in [0, 0.1) is 34.6 Å². The van der Waals surface area contributed by atoms with E-state index in [-0.39, 0.29) is 61.6 Å². The standard InChI is InChI=1S/C15H10FN5.C14H12ClFN4O.C14H10ClFN4.C9H11FN2.C5H3ClN2O2.C2HF3O.CH2Cl2/c16-10-1-4-13-14(6-10)21(12-2-3-12)15(19-13)9-5-11(7-17)20-18-8-9;15-13-5-8(7-17-20-13)14(21)19-11-4-1-9(16)6-12(11)18-10-2-3-10;15-13-5-8(7-17-19-13)14-18-11-4-1-9(16)6-12(11)20(14)10-2-3-10;10-6-1-4-8(11)9(5-6)12-7-2-3-7;6-4-1-3(5(9)10)2-7-8-4;3-2(4,5)1-6;2-1-3/h1,4-6,8,12H,2-3H2;1,4-7,10,18H,2-3H2,(H,19,21);1,4-7,10H,2-3H2;1,4-5,7,12H,2-3,11H2;1-2H,(H,9,10);1H;1H2. The number of aldehydes is 1. The molecule has 0 unspecified atom stereocenters. The summed E-state index contributed by atoms with van der Waals surface area (Å²) in [6.07, 6.45) is 8.66. The zero-order valence-electron chi connectivity index (χ0n) is 47.9. The molecule has 93 heavy (non-hydrogen) atoms. The number of hydrogen-bond donors (Lipinski definition) is 5. The Kier molecular flexibility index (Phi) is 24.1. The van der Waals surface area contributed by atoms with Crippen LogP contribution in [0.2, 0.25) is 15.5 Å². The lowest BCUT2D eigenvalue weighted by atomic mass is 10.2. The van der Waals surface area contributed by atoms with E-state index in [9.17, 15) is 40.3 Å². The molecule has 4 aliphatic carbocycles. The summed E-state index contributed by atoms with van der Waals surface area (Å²) in [5.41, 5.74) is 13.3. The summed E-state index contributed by atoms with van der Waals surface area (Å²) in [4.78, 5) is 40.2. The number of benzene rings is 4. The summed E-state index contributed by atoms with van der Waals surface area (Å²) in [6, 6.07) is 27.4. The smallest absolute Gasteiger partial charge is 0.446 e. The minimum Gasteiger partial charge on any atom is -0.478 e. The molecular weight excluding hydrogens is 1330 g/mol. The summed E-state index contributed by atoms with van der Waals surface area (Å²) in [6.45, 7) is 0. The fourth-order valence-corrected chi connectivity index (χ4v) is 8.84. The number of nitrogens with zero attached hydrogens (tertiary/aromatic N) is 13. The highest BCUT2D eigenvalue weighted by molar-refractivity contribution is 6.40. The number of hydrogen-bond acceptors (Lipinski definition) is 17. The quantitative estimate of drug-likeness (QED) is 0.0348. The number of alkyl halides is 5. The largest absolute Gasteiger partial charge is 0.478 e. The van der Waals surface area contributed by atoms with E-state index in [0.29, 0.717) is 52.2 Å². The molecule has 482 valence electrons. The van der Waals surface area contributed by atoms with Crippen LogP contribution in [-0.2, 0) is 4.79 Å². The number of anilines is 4. The lowest BCUT2D eigenvalue weighted by molar-refractivity contribution is -0.156. The molecule has 0 atom stereocenters. The first kappa shape index (κ1) is 69.5. The number of aromatic carboxylic acids is 1. The summed E-state index contributed by atoms with van der Waals surface area (Å²) >= 11 is 26.5. The van der Waals surface area contributed by atoms with E-state index in [0.717, 1.165) is 102 Å². The Morgan fingerprint density at radius 3 is 1.46 bits per heavy atom. The van der Waals surface area contributed by atoms with Gasteiger partial charge in [-0.05, 0) is 148 Å². The second-order valence-corrected chi connectivity index (χ2v) is 22.3. The first-order valence-electron chi connectivity index (χ1n) is 27.6. The second-order valence-electron chi connectivity index (χ2n) is 20.4. The van der Waals surface area contributed by atoms with Gasteiger partial charge in [-0.2, -0.15) is 38.8 Å². The summed E-state index contributed by atoms with van der Waals surface area (Å²) in [7, 11) is 0. The molecule has 0 aliphatic heterocycles. The number of aromatic nitrogens is 12. The molecule has 6 aromatic heterocycles. The van der Waals surface area contributed by atoms with Gasteiger partial charge in [-0.1, -0.05) is 34.8 Å². The van der Waals surface area contributed by atoms with Gasteiger partial charge < -0.3 is 35.9 Å². The van der Waals surface area contributed by atoms with Crippen molar-refractivity contribution >= 4 is 121 Å². The van der Waals surface area contributed by atoms with Gasteiger partial charge in [-0.25, -0.2) is 32.3 Å². The zero-order chi connectivity index (χ0) is 66.9. The molecule has 1 amide bonds. The van der Waals surface area contributed by atoms with E-state index < -0.39 is 18.4 Å². The Bertz CT molecular complexity index is 4320. The summed E-state index contributed by atoms with van der Waals surface area (Å²) < 4.78 is 88.4. The minimum atomic E-state index is -4.64. The molecule has 10 aromatic rings. The number of fused-ring (bicyclic) bond motifs is 2. The first-order valence-corrected chi connectivity index (χ1v) is 29.8. The van der Waals surface area contributed by atoms with Gasteiger partial charge in [-0.3, -0.25) is 9.59 Å². The van der Waals surface area contributed by atoms with Crippen LogP contribution in [0.5, 0.6) is 0 Å². The Hall–Kier alpha value is -9.40. The third-order valence-corrected chi connectivity index (χ3v) is 13.6. The molecule has 4 saturated carbocycles. The van der Waals surface area contributed by atoms with Gasteiger partial charge >= 0.3 is 12.1 Å². The first-order chi connectivity index (χ1) is 44.5.